The largest absolute Gasteiger partial charge is 0.337 e. The Hall–Kier alpha value is -1.43. The monoisotopic (exact) mass is 264 g/mol. The van der Waals surface area contributed by atoms with E-state index in [-0.39, 0.29) is 11.7 Å². The number of rotatable bonds is 2. The molecule has 1 aliphatic carbocycles. The van der Waals surface area contributed by atoms with Crippen LogP contribution in [0.2, 0.25) is 0 Å². The van der Waals surface area contributed by atoms with Crippen LogP contribution >= 0.6 is 0 Å². The second kappa shape index (κ2) is 5.28. The first kappa shape index (κ1) is 12.6. The molecular formula is C13H20N4O2. The molecule has 1 aromatic heterocycles. The maximum atomic E-state index is 11.9. The predicted molar refractivity (Wildman–Crippen MR) is 70.2 cm³/mol. The van der Waals surface area contributed by atoms with Crippen LogP contribution in [-0.2, 0) is 4.79 Å². The third-order valence-electron chi connectivity index (χ3n) is 4.07. The number of hydrogen-bond donors (Lipinski definition) is 0. The first-order valence-corrected chi connectivity index (χ1v) is 7.04. The van der Waals surface area contributed by atoms with Gasteiger partial charge in [0.2, 0.25) is 5.89 Å². The van der Waals surface area contributed by atoms with Crippen molar-refractivity contribution >= 4 is 11.7 Å². The summed E-state index contributed by atoms with van der Waals surface area (Å²) >= 11 is 0. The van der Waals surface area contributed by atoms with Crippen LogP contribution in [0.5, 0.6) is 0 Å². The molecule has 1 aliphatic heterocycles. The summed E-state index contributed by atoms with van der Waals surface area (Å²) in [6, 6.07) is 0. The van der Waals surface area contributed by atoms with Crippen molar-refractivity contribution in [2.75, 3.05) is 38.1 Å². The van der Waals surface area contributed by atoms with Gasteiger partial charge >= 0.3 is 0 Å². The standard InChI is InChI=1S/C13H20N4O2/c1-16-6-8-17(9-7-16)13-14-12(19-15-13)10-4-2-3-5-11(10)18/h10H,2-9H2,1H3. The Balaban J connectivity index is 1.70. The molecule has 2 aliphatic rings. The Labute approximate surface area is 112 Å². The van der Waals surface area contributed by atoms with Crippen LogP contribution in [0.3, 0.4) is 0 Å². The van der Waals surface area contributed by atoms with Crippen LogP contribution in [0.15, 0.2) is 4.52 Å². The molecule has 2 heterocycles. The summed E-state index contributed by atoms with van der Waals surface area (Å²) in [4.78, 5) is 20.7. The van der Waals surface area contributed by atoms with Crippen molar-refractivity contribution in [1.82, 2.24) is 15.0 Å². The van der Waals surface area contributed by atoms with Gasteiger partial charge in [-0.25, -0.2) is 0 Å². The minimum Gasteiger partial charge on any atom is -0.337 e. The van der Waals surface area contributed by atoms with E-state index in [2.05, 4.69) is 27.0 Å². The fourth-order valence-corrected chi connectivity index (χ4v) is 2.75. The van der Waals surface area contributed by atoms with Gasteiger partial charge in [0.1, 0.15) is 5.78 Å². The van der Waals surface area contributed by atoms with E-state index in [4.69, 9.17) is 4.52 Å². The van der Waals surface area contributed by atoms with Gasteiger partial charge in [-0.2, -0.15) is 4.98 Å². The van der Waals surface area contributed by atoms with Crippen LogP contribution in [0.1, 0.15) is 37.5 Å². The third-order valence-corrected chi connectivity index (χ3v) is 4.07. The fraction of sp³-hybridized carbons (Fsp3) is 0.769. The van der Waals surface area contributed by atoms with Gasteiger partial charge < -0.3 is 14.3 Å². The lowest BCUT2D eigenvalue weighted by Crippen LogP contribution is -2.44. The number of nitrogens with zero attached hydrogens (tertiary/aromatic N) is 4. The van der Waals surface area contributed by atoms with Crippen molar-refractivity contribution in [2.24, 2.45) is 0 Å². The molecule has 1 saturated heterocycles. The first-order chi connectivity index (χ1) is 9.24. The van der Waals surface area contributed by atoms with Crippen molar-refractivity contribution in [3.63, 3.8) is 0 Å². The quantitative estimate of drug-likeness (QED) is 0.795. The highest BCUT2D eigenvalue weighted by Crippen LogP contribution is 2.29. The minimum absolute atomic E-state index is 0.164. The Bertz CT molecular complexity index is 451. The van der Waals surface area contributed by atoms with Gasteiger partial charge in [0.05, 0.1) is 5.92 Å². The van der Waals surface area contributed by atoms with Crippen molar-refractivity contribution in [2.45, 2.75) is 31.6 Å². The van der Waals surface area contributed by atoms with Crippen LogP contribution in [-0.4, -0.2) is 54.1 Å². The third kappa shape index (κ3) is 2.63. The fourth-order valence-electron chi connectivity index (χ4n) is 2.75. The second-order valence-electron chi connectivity index (χ2n) is 5.49. The molecule has 6 heteroatoms. The first-order valence-electron chi connectivity index (χ1n) is 7.04. The van der Waals surface area contributed by atoms with E-state index in [1.807, 2.05) is 0 Å². The highest BCUT2D eigenvalue weighted by Gasteiger charge is 2.30. The molecule has 6 nitrogen and oxygen atoms in total. The minimum atomic E-state index is -0.164. The summed E-state index contributed by atoms with van der Waals surface area (Å²) < 4.78 is 5.32. The van der Waals surface area contributed by atoms with Gasteiger partial charge in [-0.3, -0.25) is 4.79 Å². The smallest absolute Gasteiger partial charge is 0.266 e. The van der Waals surface area contributed by atoms with Crippen molar-refractivity contribution < 1.29 is 9.32 Å². The van der Waals surface area contributed by atoms with Crippen molar-refractivity contribution in [3.8, 4) is 0 Å². The van der Waals surface area contributed by atoms with E-state index < -0.39 is 0 Å². The van der Waals surface area contributed by atoms with Crippen molar-refractivity contribution in [1.29, 1.82) is 0 Å². The molecule has 0 radical (unpaired) electrons. The molecule has 1 aromatic rings. The summed E-state index contributed by atoms with van der Waals surface area (Å²) in [7, 11) is 2.11. The number of aromatic nitrogens is 2. The topological polar surface area (TPSA) is 62.5 Å². The van der Waals surface area contributed by atoms with Crippen LogP contribution in [0.4, 0.5) is 5.95 Å². The average molecular weight is 264 g/mol. The summed E-state index contributed by atoms with van der Waals surface area (Å²) in [5.41, 5.74) is 0. The number of carbonyl (C=O) groups excluding carboxylic acids is 1. The Morgan fingerprint density at radius 3 is 2.74 bits per heavy atom. The van der Waals surface area contributed by atoms with Crippen LogP contribution < -0.4 is 4.90 Å². The molecule has 1 unspecified atom stereocenters. The predicted octanol–water partition coefficient (Wildman–Crippen LogP) is 1.05. The zero-order valence-corrected chi connectivity index (χ0v) is 11.3. The maximum absolute atomic E-state index is 11.9. The van der Waals surface area contributed by atoms with Gasteiger partial charge in [-0.15, -0.1) is 0 Å². The highest BCUT2D eigenvalue weighted by molar-refractivity contribution is 5.85. The Morgan fingerprint density at radius 2 is 2.00 bits per heavy atom. The molecule has 104 valence electrons. The van der Waals surface area contributed by atoms with Gasteiger partial charge in [0.15, 0.2) is 0 Å². The number of piperazine rings is 1. The number of carbonyl (C=O) groups is 1. The second-order valence-corrected chi connectivity index (χ2v) is 5.49. The average Bonchev–Trinajstić information content (AvgIpc) is 2.89. The molecule has 19 heavy (non-hydrogen) atoms. The van der Waals surface area contributed by atoms with E-state index in [0.29, 0.717) is 18.3 Å². The number of hydrogen-bond acceptors (Lipinski definition) is 6. The van der Waals surface area contributed by atoms with E-state index in [9.17, 15) is 4.79 Å². The van der Waals surface area contributed by atoms with E-state index in [1.54, 1.807) is 0 Å². The molecule has 0 aromatic carbocycles. The zero-order valence-electron chi connectivity index (χ0n) is 11.3. The number of Topliss-reactive ketones (excluding diaryl/α,β-unsaturated/α-hetero) is 1. The van der Waals surface area contributed by atoms with Crippen LogP contribution in [0.25, 0.3) is 0 Å². The van der Waals surface area contributed by atoms with E-state index >= 15 is 0 Å². The van der Waals surface area contributed by atoms with Gasteiger partial charge in [-0.1, -0.05) is 6.42 Å². The Kier molecular flexibility index (Phi) is 3.50. The lowest BCUT2D eigenvalue weighted by atomic mass is 9.88. The molecule has 1 saturated carbocycles. The van der Waals surface area contributed by atoms with E-state index in [1.165, 1.54) is 0 Å². The normalized spacial score (nSPS) is 25.8. The van der Waals surface area contributed by atoms with Crippen LogP contribution in [0, 0.1) is 0 Å². The lowest BCUT2D eigenvalue weighted by molar-refractivity contribution is -0.122. The van der Waals surface area contributed by atoms with E-state index in [0.717, 1.165) is 45.4 Å². The van der Waals surface area contributed by atoms with Gasteiger partial charge in [0.25, 0.3) is 5.95 Å². The Morgan fingerprint density at radius 1 is 1.21 bits per heavy atom. The number of anilines is 1. The number of ketones is 1. The van der Waals surface area contributed by atoms with Gasteiger partial charge in [0, 0.05) is 32.6 Å². The summed E-state index contributed by atoms with van der Waals surface area (Å²) in [6.45, 7) is 3.83. The lowest BCUT2D eigenvalue weighted by Gasteiger charge is -2.31. The van der Waals surface area contributed by atoms with Crippen molar-refractivity contribution in [3.05, 3.63) is 5.89 Å². The molecule has 3 rings (SSSR count). The SMILES string of the molecule is CN1CCN(c2noc(C3CCCCC3=O)n2)CC1. The molecule has 0 spiro atoms. The summed E-state index contributed by atoms with van der Waals surface area (Å²) in [5, 5.41) is 4.04. The number of likely N-dealkylation sites (N-methyl/N-ethyl adjacent to an activating group) is 1. The molecule has 0 amide bonds. The molecule has 0 N–H and O–H groups in total. The molecule has 2 fully saturated rings. The molecule has 1 atom stereocenters. The molecular weight excluding hydrogens is 244 g/mol. The summed E-state index contributed by atoms with van der Waals surface area (Å²) in [6.07, 6.45) is 3.57. The van der Waals surface area contributed by atoms with Gasteiger partial charge in [-0.05, 0) is 25.0 Å². The maximum Gasteiger partial charge on any atom is 0.266 e. The zero-order chi connectivity index (χ0) is 13.2. The molecule has 0 bridgehead atoms. The highest BCUT2D eigenvalue weighted by atomic mass is 16.5. The summed E-state index contributed by atoms with van der Waals surface area (Å²) in [5.74, 6) is 1.24.